The fourth-order valence-electron chi connectivity index (χ4n) is 5.70. The maximum atomic E-state index is 11.1. The van der Waals surface area contributed by atoms with Crippen LogP contribution >= 0.6 is 0 Å². The Morgan fingerprint density at radius 2 is 1.66 bits per heavy atom. The van der Waals surface area contributed by atoms with E-state index in [4.69, 9.17) is 4.99 Å². The number of aromatic hydroxyl groups is 1. The normalized spacial score (nSPS) is 31.7. The number of phenolic OH excluding ortho intramolecular Hbond substituents is 1. The Hall–Kier alpha value is -1.35. The average Bonchev–Trinajstić information content (AvgIpc) is 2.58. The molecule has 0 saturated heterocycles. The van der Waals surface area contributed by atoms with Crippen LogP contribution in [-0.4, -0.2) is 28.6 Å². The summed E-state index contributed by atoms with van der Waals surface area (Å²) in [6.45, 7) is 20.1. The van der Waals surface area contributed by atoms with E-state index in [2.05, 4.69) is 74.4 Å². The summed E-state index contributed by atoms with van der Waals surface area (Å²) < 4.78 is 0. The SMILES string of the molecule is CC(C)(C)c1cc(C=N[C@]2(C)[C@H](CO)C[C@@H]3C[C@H]2C3(C)C)c(O)c(C(C)(C)C)c1. The summed E-state index contributed by atoms with van der Waals surface area (Å²) in [5.41, 5.74) is 2.77. The molecule has 3 aliphatic rings. The van der Waals surface area contributed by atoms with E-state index in [1.54, 1.807) is 0 Å². The van der Waals surface area contributed by atoms with Gasteiger partial charge in [-0.2, -0.15) is 0 Å². The van der Waals surface area contributed by atoms with E-state index in [0.29, 0.717) is 17.6 Å². The molecule has 3 nitrogen and oxygen atoms in total. The van der Waals surface area contributed by atoms with Crippen molar-refractivity contribution in [3.63, 3.8) is 0 Å². The van der Waals surface area contributed by atoms with Gasteiger partial charge in [-0.3, -0.25) is 4.99 Å². The predicted molar refractivity (Wildman–Crippen MR) is 122 cm³/mol. The van der Waals surface area contributed by atoms with Crippen LogP contribution in [0.1, 0.15) is 91.8 Å². The number of hydrogen-bond acceptors (Lipinski definition) is 3. The molecule has 2 bridgehead atoms. The topological polar surface area (TPSA) is 52.8 Å². The first-order valence-electron chi connectivity index (χ1n) is 11.2. The predicted octanol–water partition coefficient (Wildman–Crippen LogP) is 5.84. The van der Waals surface area contributed by atoms with Crippen molar-refractivity contribution in [3.8, 4) is 5.75 Å². The number of benzene rings is 1. The van der Waals surface area contributed by atoms with Crippen molar-refractivity contribution in [2.45, 2.75) is 91.5 Å². The van der Waals surface area contributed by atoms with E-state index in [0.717, 1.165) is 17.5 Å². The lowest BCUT2D eigenvalue weighted by atomic mass is 9.41. The van der Waals surface area contributed by atoms with Crippen LogP contribution in [0.25, 0.3) is 0 Å². The zero-order chi connectivity index (χ0) is 22.0. The Kier molecular flexibility index (Phi) is 5.26. The quantitative estimate of drug-likeness (QED) is 0.627. The molecule has 0 spiro atoms. The molecule has 1 aromatic rings. The van der Waals surface area contributed by atoms with Crippen LogP contribution in [0.5, 0.6) is 5.75 Å². The summed E-state index contributed by atoms with van der Waals surface area (Å²) in [7, 11) is 0. The van der Waals surface area contributed by atoms with Crippen LogP contribution in [0.4, 0.5) is 0 Å². The molecule has 0 heterocycles. The highest BCUT2D eigenvalue weighted by Crippen LogP contribution is 2.65. The number of fused-ring (bicyclic) bond motifs is 2. The molecule has 3 saturated carbocycles. The van der Waals surface area contributed by atoms with Crippen LogP contribution in [0.3, 0.4) is 0 Å². The zero-order valence-electron chi connectivity index (χ0n) is 19.9. The molecule has 29 heavy (non-hydrogen) atoms. The van der Waals surface area contributed by atoms with Gasteiger partial charge in [0, 0.05) is 29.9 Å². The van der Waals surface area contributed by atoms with Crippen molar-refractivity contribution in [1.29, 1.82) is 0 Å². The number of hydrogen-bond donors (Lipinski definition) is 2. The largest absolute Gasteiger partial charge is 0.507 e. The van der Waals surface area contributed by atoms with E-state index in [1.807, 2.05) is 6.21 Å². The zero-order valence-corrected chi connectivity index (χ0v) is 19.9. The molecule has 0 radical (unpaired) electrons. The first-order valence-corrected chi connectivity index (χ1v) is 11.2. The van der Waals surface area contributed by atoms with Crippen molar-refractivity contribution < 1.29 is 10.2 Å². The van der Waals surface area contributed by atoms with Crippen molar-refractivity contribution in [3.05, 3.63) is 28.8 Å². The number of rotatable bonds is 3. The van der Waals surface area contributed by atoms with E-state index in [1.165, 1.54) is 12.0 Å². The maximum Gasteiger partial charge on any atom is 0.128 e. The number of phenols is 1. The summed E-state index contributed by atoms with van der Waals surface area (Å²) in [6.07, 6.45) is 4.12. The lowest BCUT2D eigenvalue weighted by Gasteiger charge is -2.65. The Balaban J connectivity index is 2.08. The summed E-state index contributed by atoms with van der Waals surface area (Å²) in [4.78, 5) is 5.11. The Bertz CT molecular complexity index is 809. The van der Waals surface area contributed by atoms with Gasteiger partial charge in [0.2, 0.25) is 0 Å². The molecule has 0 unspecified atom stereocenters. The molecule has 3 aliphatic carbocycles. The minimum atomic E-state index is -0.293. The molecule has 3 fully saturated rings. The maximum absolute atomic E-state index is 11.1. The third-order valence-corrected chi connectivity index (χ3v) is 8.09. The molecule has 4 rings (SSSR count). The first-order chi connectivity index (χ1) is 13.1. The minimum Gasteiger partial charge on any atom is -0.507 e. The molecule has 162 valence electrons. The molecule has 3 heteroatoms. The Morgan fingerprint density at radius 3 is 2.14 bits per heavy atom. The van der Waals surface area contributed by atoms with Gasteiger partial charge in [0.1, 0.15) is 5.75 Å². The van der Waals surface area contributed by atoms with Crippen LogP contribution in [0.2, 0.25) is 0 Å². The highest BCUT2D eigenvalue weighted by molar-refractivity contribution is 5.85. The van der Waals surface area contributed by atoms with Gasteiger partial charge in [-0.1, -0.05) is 61.5 Å². The number of nitrogens with zero attached hydrogens (tertiary/aromatic N) is 1. The lowest BCUT2D eigenvalue weighted by molar-refractivity contribution is -0.148. The molecular formula is C26H41NO2. The van der Waals surface area contributed by atoms with Gasteiger partial charge >= 0.3 is 0 Å². The Labute approximate surface area is 177 Å². The second kappa shape index (κ2) is 6.83. The van der Waals surface area contributed by atoms with Gasteiger partial charge in [-0.15, -0.1) is 0 Å². The van der Waals surface area contributed by atoms with Crippen molar-refractivity contribution in [2.24, 2.45) is 28.2 Å². The van der Waals surface area contributed by atoms with Crippen LogP contribution in [0.15, 0.2) is 17.1 Å². The second-order valence-electron chi connectivity index (χ2n) is 12.4. The molecular weight excluding hydrogens is 358 g/mol. The minimum absolute atomic E-state index is 0.0121. The van der Waals surface area contributed by atoms with Crippen LogP contribution < -0.4 is 0 Å². The summed E-state index contributed by atoms with van der Waals surface area (Å²) >= 11 is 0. The second-order valence-corrected chi connectivity index (χ2v) is 12.4. The fourth-order valence-corrected chi connectivity index (χ4v) is 5.70. The average molecular weight is 400 g/mol. The van der Waals surface area contributed by atoms with Gasteiger partial charge in [0.05, 0.1) is 5.54 Å². The van der Waals surface area contributed by atoms with Gasteiger partial charge in [-0.25, -0.2) is 0 Å². The van der Waals surface area contributed by atoms with Crippen molar-refractivity contribution in [1.82, 2.24) is 0 Å². The first kappa shape index (κ1) is 22.3. The molecule has 0 aromatic heterocycles. The number of aliphatic hydroxyl groups is 1. The van der Waals surface area contributed by atoms with Crippen LogP contribution in [0, 0.1) is 23.2 Å². The smallest absolute Gasteiger partial charge is 0.128 e. The fraction of sp³-hybridized carbons (Fsp3) is 0.731. The van der Waals surface area contributed by atoms with E-state index in [9.17, 15) is 10.2 Å². The Morgan fingerprint density at radius 1 is 1.03 bits per heavy atom. The summed E-state index contributed by atoms with van der Waals surface area (Å²) in [6, 6.07) is 4.23. The number of aliphatic imine (C=N–C) groups is 1. The molecule has 4 atom stereocenters. The third-order valence-electron chi connectivity index (χ3n) is 8.09. The monoisotopic (exact) mass is 399 g/mol. The third kappa shape index (κ3) is 3.65. The molecule has 0 amide bonds. The van der Waals surface area contributed by atoms with Gasteiger partial charge in [-0.05, 0) is 59.5 Å². The van der Waals surface area contributed by atoms with Gasteiger partial charge in [0.25, 0.3) is 0 Å². The van der Waals surface area contributed by atoms with E-state index in [-0.39, 0.29) is 34.3 Å². The lowest BCUT2D eigenvalue weighted by Crippen LogP contribution is -2.64. The highest BCUT2D eigenvalue weighted by Gasteiger charge is 2.62. The number of aliphatic hydroxyl groups excluding tert-OH is 1. The van der Waals surface area contributed by atoms with E-state index < -0.39 is 0 Å². The molecule has 1 aromatic carbocycles. The standard InChI is InChI=1S/C26H41NO2/c1-23(2,3)17-10-16(22(29)20(12-17)24(4,5)6)14-27-26(9)19(15-28)11-18-13-21(26)25(18,7)8/h10,12,14,18-19,21,28-29H,11,13,15H2,1-9H3/t18-,19+,21+,26-/m1/s1. The van der Waals surface area contributed by atoms with Gasteiger partial charge in [0.15, 0.2) is 0 Å². The molecule has 0 aliphatic heterocycles. The van der Waals surface area contributed by atoms with Crippen LogP contribution in [-0.2, 0) is 10.8 Å². The van der Waals surface area contributed by atoms with E-state index >= 15 is 0 Å². The van der Waals surface area contributed by atoms with Crippen molar-refractivity contribution >= 4 is 6.21 Å². The summed E-state index contributed by atoms with van der Waals surface area (Å²) in [5.74, 6) is 1.68. The van der Waals surface area contributed by atoms with Crippen molar-refractivity contribution in [2.75, 3.05) is 6.61 Å². The van der Waals surface area contributed by atoms with Gasteiger partial charge < -0.3 is 10.2 Å². The molecule has 2 N–H and O–H groups in total. The summed E-state index contributed by atoms with van der Waals surface area (Å²) in [5, 5.41) is 21.2. The highest BCUT2D eigenvalue weighted by atomic mass is 16.3.